The van der Waals surface area contributed by atoms with Crippen molar-refractivity contribution < 1.29 is 4.79 Å². The van der Waals surface area contributed by atoms with Crippen molar-refractivity contribution in [3.05, 3.63) is 51.9 Å². The number of nitrogens with zero attached hydrogens (tertiary/aromatic N) is 4. The minimum atomic E-state index is -0.298. The molecule has 1 aromatic carbocycles. The molecule has 0 bridgehead atoms. The normalized spacial score (nSPS) is 17.7. The number of para-hydroxylation sites is 2. The molecule has 1 amide bonds. The quantitative estimate of drug-likeness (QED) is 0.716. The number of aromatic nitrogens is 3. The molecule has 4 rings (SSSR count). The fraction of sp³-hybridized carbons (Fsp3) is 0.400. The molecule has 3 heterocycles. The molecule has 2 aromatic heterocycles. The van der Waals surface area contributed by atoms with Crippen LogP contribution in [-0.4, -0.2) is 38.4 Å². The standard InChI is InChI=1S/C20H23N5O2S/c1-14-5-4-8-24(10-14)11-15-13-28-20(22-15)23-18(26)12-25-17-7-3-2-6-16(17)21-9-19(25)27/h2-3,6-7,9,13-14H,4-5,8,10-12H2,1H3,(H,22,23,26). The zero-order chi connectivity index (χ0) is 19.5. The van der Waals surface area contributed by atoms with E-state index >= 15 is 0 Å². The predicted molar refractivity (Wildman–Crippen MR) is 110 cm³/mol. The lowest BCUT2D eigenvalue weighted by atomic mass is 10.0. The number of fused-ring (bicyclic) bond motifs is 1. The number of rotatable bonds is 5. The molecule has 146 valence electrons. The van der Waals surface area contributed by atoms with E-state index < -0.39 is 0 Å². The first-order chi connectivity index (χ1) is 13.6. The van der Waals surface area contributed by atoms with Crippen LogP contribution in [-0.2, 0) is 17.9 Å². The Hall–Kier alpha value is -2.58. The third-order valence-corrected chi connectivity index (χ3v) is 5.79. The molecule has 1 aliphatic rings. The van der Waals surface area contributed by atoms with Crippen LogP contribution in [0.25, 0.3) is 11.0 Å². The smallest absolute Gasteiger partial charge is 0.269 e. The highest BCUT2D eigenvalue weighted by molar-refractivity contribution is 7.13. The van der Waals surface area contributed by atoms with Gasteiger partial charge in [0.25, 0.3) is 5.56 Å². The number of thiazole rings is 1. The van der Waals surface area contributed by atoms with E-state index in [0.717, 1.165) is 31.2 Å². The average Bonchev–Trinajstić information content (AvgIpc) is 3.11. The number of amides is 1. The summed E-state index contributed by atoms with van der Waals surface area (Å²) in [7, 11) is 0. The Morgan fingerprint density at radius 2 is 2.21 bits per heavy atom. The monoisotopic (exact) mass is 397 g/mol. The molecule has 0 saturated carbocycles. The molecule has 0 aliphatic carbocycles. The van der Waals surface area contributed by atoms with Crippen molar-refractivity contribution in [1.82, 2.24) is 19.4 Å². The summed E-state index contributed by atoms with van der Waals surface area (Å²) in [5.41, 5.74) is 2.00. The van der Waals surface area contributed by atoms with Crippen molar-refractivity contribution in [2.45, 2.75) is 32.9 Å². The highest BCUT2D eigenvalue weighted by Gasteiger charge is 2.18. The zero-order valence-electron chi connectivity index (χ0n) is 15.8. The van der Waals surface area contributed by atoms with Crippen LogP contribution in [0, 0.1) is 5.92 Å². The number of carbonyl (C=O) groups excluding carboxylic acids is 1. The second-order valence-corrected chi connectivity index (χ2v) is 8.20. The Kier molecular flexibility index (Phi) is 5.50. The molecular formula is C20H23N5O2S. The van der Waals surface area contributed by atoms with Gasteiger partial charge in [0.1, 0.15) is 6.54 Å². The Balaban J connectivity index is 1.42. The largest absolute Gasteiger partial charge is 0.300 e. The van der Waals surface area contributed by atoms with Gasteiger partial charge in [-0.15, -0.1) is 11.3 Å². The van der Waals surface area contributed by atoms with Crippen LogP contribution in [0.4, 0.5) is 5.13 Å². The van der Waals surface area contributed by atoms with Crippen LogP contribution in [0.2, 0.25) is 0 Å². The van der Waals surface area contributed by atoms with Crippen LogP contribution in [0.15, 0.2) is 40.6 Å². The summed E-state index contributed by atoms with van der Waals surface area (Å²) >= 11 is 1.42. The van der Waals surface area contributed by atoms with E-state index in [1.54, 1.807) is 6.07 Å². The van der Waals surface area contributed by atoms with Gasteiger partial charge in [0.05, 0.1) is 22.9 Å². The van der Waals surface area contributed by atoms with Crippen LogP contribution < -0.4 is 10.9 Å². The van der Waals surface area contributed by atoms with Crippen LogP contribution in [0.1, 0.15) is 25.5 Å². The van der Waals surface area contributed by atoms with E-state index in [4.69, 9.17) is 0 Å². The first-order valence-electron chi connectivity index (χ1n) is 9.49. The summed E-state index contributed by atoms with van der Waals surface area (Å²) in [5.74, 6) is 0.450. The van der Waals surface area contributed by atoms with Gasteiger partial charge in [-0.2, -0.15) is 0 Å². The first kappa shape index (κ1) is 18.8. The molecule has 1 saturated heterocycles. The zero-order valence-corrected chi connectivity index (χ0v) is 16.6. The SMILES string of the molecule is CC1CCCN(Cc2csc(NC(=O)Cn3c(=O)cnc4ccccc43)n2)C1. The van der Waals surface area contributed by atoms with Crippen molar-refractivity contribution in [3.8, 4) is 0 Å². The molecule has 1 N–H and O–H groups in total. The number of benzene rings is 1. The Morgan fingerprint density at radius 1 is 1.36 bits per heavy atom. The minimum Gasteiger partial charge on any atom is -0.300 e. The fourth-order valence-corrected chi connectivity index (χ4v) is 4.39. The van der Waals surface area contributed by atoms with Gasteiger partial charge in [0, 0.05) is 18.5 Å². The predicted octanol–water partition coefficient (Wildman–Crippen LogP) is 2.72. The van der Waals surface area contributed by atoms with Gasteiger partial charge in [-0.25, -0.2) is 9.97 Å². The summed E-state index contributed by atoms with van der Waals surface area (Å²) in [4.78, 5) is 35.7. The van der Waals surface area contributed by atoms with Crippen molar-refractivity contribution in [3.63, 3.8) is 0 Å². The summed E-state index contributed by atoms with van der Waals surface area (Å²) in [5, 5.41) is 5.37. The van der Waals surface area contributed by atoms with Gasteiger partial charge in [-0.05, 0) is 37.4 Å². The van der Waals surface area contributed by atoms with Gasteiger partial charge < -0.3 is 5.32 Å². The van der Waals surface area contributed by atoms with Crippen LogP contribution >= 0.6 is 11.3 Å². The molecule has 0 spiro atoms. The lowest BCUT2D eigenvalue weighted by Crippen LogP contribution is -2.33. The third kappa shape index (κ3) is 4.28. The topological polar surface area (TPSA) is 80.1 Å². The molecule has 0 radical (unpaired) electrons. The first-order valence-corrected chi connectivity index (χ1v) is 10.4. The van der Waals surface area contributed by atoms with E-state index in [9.17, 15) is 9.59 Å². The average molecular weight is 398 g/mol. The lowest BCUT2D eigenvalue weighted by Gasteiger charge is -2.30. The Labute approximate surface area is 167 Å². The summed E-state index contributed by atoms with van der Waals surface area (Å²) in [6, 6.07) is 7.28. The number of hydrogen-bond donors (Lipinski definition) is 1. The van der Waals surface area contributed by atoms with Gasteiger partial charge >= 0.3 is 0 Å². The highest BCUT2D eigenvalue weighted by Crippen LogP contribution is 2.21. The summed E-state index contributed by atoms with van der Waals surface area (Å²) in [6.07, 6.45) is 3.76. The molecule has 1 atom stereocenters. The molecular weight excluding hydrogens is 374 g/mol. The molecule has 28 heavy (non-hydrogen) atoms. The van der Waals surface area contributed by atoms with Gasteiger partial charge in [-0.3, -0.25) is 19.1 Å². The third-order valence-electron chi connectivity index (χ3n) is 4.98. The van der Waals surface area contributed by atoms with E-state index in [1.807, 2.05) is 23.6 Å². The van der Waals surface area contributed by atoms with Crippen molar-refractivity contribution in [1.29, 1.82) is 0 Å². The number of nitrogens with one attached hydrogen (secondary N) is 1. The maximum absolute atomic E-state index is 12.5. The number of likely N-dealkylation sites (tertiary alicyclic amines) is 1. The van der Waals surface area contributed by atoms with Crippen LogP contribution in [0.3, 0.4) is 0 Å². The summed E-state index contributed by atoms with van der Waals surface area (Å²) < 4.78 is 1.43. The highest BCUT2D eigenvalue weighted by atomic mass is 32.1. The maximum Gasteiger partial charge on any atom is 0.269 e. The molecule has 7 nitrogen and oxygen atoms in total. The Morgan fingerprint density at radius 3 is 3.07 bits per heavy atom. The van der Waals surface area contributed by atoms with Crippen molar-refractivity contribution in [2.24, 2.45) is 5.92 Å². The molecule has 1 unspecified atom stereocenters. The van der Waals surface area contributed by atoms with Gasteiger partial charge in [0.2, 0.25) is 5.91 Å². The van der Waals surface area contributed by atoms with Gasteiger partial charge in [0.15, 0.2) is 5.13 Å². The van der Waals surface area contributed by atoms with E-state index in [1.165, 1.54) is 34.9 Å². The second kappa shape index (κ2) is 8.20. The van der Waals surface area contributed by atoms with Crippen LogP contribution in [0.5, 0.6) is 0 Å². The number of carbonyl (C=O) groups is 1. The lowest BCUT2D eigenvalue weighted by molar-refractivity contribution is -0.116. The summed E-state index contributed by atoms with van der Waals surface area (Å²) in [6.45, 7) is 5.22. The maximum atomic E-state index is 12.5. The molecule has 1 aliphatic heterocycles. The minimum absolute atomic E-state index is 0.0690. The Bertz CT molecular complexity index is 1040. The van der Waals surface area contributed by atoms with E-state index in [2.05, 4.69) is 27.1 Å². The van der Waals surface area contributed by atoms with E-state index in [-0.39, 0.29) is 18.0 Å². The van der Waals surface area contributed by atoms with Crippen molar-refractivity contribution >= 4 is 33.4 Å². The number of piperidine rings is 1. The molecule has 3 aromatic rings. The van der Waals surface area contributed by atoms with Gasteiger partial charge in [-0.1, -0.05) is 19.1 Å². The van der Waals surface area contributed by atoms with E-state index in [0.29, 0.717) is 16.2 Å². The molecule has 1 fully saturated rings. The number of hydrogen-bond acceptors (Lipinski definition) is 6. The molecule has 8 heteroatoms. The fourth-order valence-electron chi connectivity index (χ4n) is 3.68. The van der Waals surface area contributed by atoms with Crippen molar-refractivity contribution in [2.75, 3.05) is 18.4 Å². The number of anilines is 1. The second-order valence-electron chi connectivity index (χ2n) is 7.35.